The fraction of sp³-hybridized carbons (Fsp3) is 0.481. The summed E-state index contributed by atoms with van der Waals surface area (Å²) in [5, 5.41) is 18.0. The summed E-state index contributed by atoms with van der Waals surface area (Å²) in [7, 11) is -4.08. The number of carbonyl (C=O) groups excluding carboxylic acids is 1. The second-order valence-corrected chi connectivity index (χ2v) is 13.8. The van der Waals surface area contributed by atoms with Crippen LogP contribution in [0.2, 0.25) is 0 Å². The predicted molar refractivity (Wildman–Crippen MR) is 150 cm³/mol. The summed E-state index contributed by atoms with van der Waals surface area (Å²) < 4.78 is 62.9. The number of benzene rings is 1. The van der Waals surface area contributed by atoms with Gasteiger partial charge in [0.05, 0.1) is 34.7 Å². The van der Waals surface area contributed by atoms with Crippen LogP contribution in [-0.4, -0.2) is 75.8 Å². The van der Waals surface area contributed by atoms with Gasteiger partial charge in [0.2, 0.25) is 21.1 Å². The van der Waals surface area contributed by atoms with Crippen molar-refractivity contribution in [3.05, 3.63) is 35.2 Å². The molecule has 2 saturated heterocycles. The summed E-state index contributed by atoms with van der Waals surface area (Å²) in [6.45, 7) is 2.18. The molecule has 1 saturated carbocycles. The molecule has 1 aromatic carbocycles. The van der Waals surface area contributed by atoms with Gasteiger partial charge in [-0.05, 0) is 44.2 Å². The van der Waals surface area contributed by atoms with Crippen LogP contribution in [0.5, 0.6) is 0 Å². The third-order valence-corrected chi connectivity index (χ3v) is 10.9. The van der Waals surface area contributed by atoms with E-state index in [0.717, 1.165) is 12.1 Å². The van der Waals surface area contributed by atoms with Gasteiger partial charge in [-0.2, -0.15) is 9.98 Å². The van der Waals surface area contributed by atoms with E-state index in [1.165, 1.54) is 23.0 Å². The number of nitrogens with one attached hydrogen (secondary N) is 1. The van der Waals surface area contributed by atoms with Crippen molar-refractivity contribution in [2.24, 2.45) is 5.92 Å². The highest BCUT2D eigenvalue weighted by Gasteiger charge is 2.47. The molecule has 0 radical (unpaired) electrons. The van der Waals surface area contributed by atoms with Crippen molar-refractivity contribution >= 4 is 49.2 Å². The smallest absolute Gasteiger partial charge is 0.291 e. The summed E-state index contributed by atoms with van der Waals surface area (Å²) in [5.74, 6) is -0.0126. The molecule has 1 amide bonds. The van der Waals surface area contributed by atoms with E-state index < -0.39 is 27.0 Å². The first-order chi connectivity index (χ1) is 20.7. The molecule has 5 heterocycles. The van der Waals surface area contributed by atoms with Crippen molar-refractivity contribution in [2.75, 3.05) is 26.3 Å². The second-order valence-electron chi connectivity index (χ2n) is 11.2. The number of aromatic nitrogens is 5. The Kier molecular flexibility index (Phi) is 6.88. The van der Waals surface area contributed by atoms with Crippen LogP contribution in [0, 0.1) is 17.2 Å². The van der Waals surface area contributed by atoms with Gasteiger partial charge in [-0.3, -0.25) is 9.36 Å². The first-order valence-corrected chi connectivity index (χ1v) is 16.2. The number of hydrogen-bond acceptors (Lipinski definition) is 10. The zero-order valence-electron chi connectivity index (χ0n) is 22.7. The van der Waals surface area contributed by atoms with Crippen molar-refractivity contribution < 1.29 is 26.7 Å². The maximum absolute atomic E-state index is 13.5. The number of alkyl halides is 2. The molecule has 0 bridgehead atoms. The molecule has 12 nitrogen and oxygen atoms in total. The van der Waals surface area contributed by atoms with Gasteiger partial charge in [-0.15, -0.1) is 10.2 Å². The van der Waals surface area contributed by atoms with Crippen LogP contribution < -0.4 is 4.72 Å². The standard InChI is InChI=1S/C27H26F2N8O4S2/c28-22(29)24-33-34-26(42-24)37-19-11-17(43(39,40)35-27(13-30)6-7-27)1-2-18(19)20-21(31-14-32-23(20)37)15-3-8-36(9-4-15)25(38)16-5-10-41-12-16/h1-2,11,14-16,22,35H,3-10,12H2/t16-/m1/s1. The number of sulfonamides is 1. The lowest BCUT2D eigenvalue weighted by molar-refractivity contribution is -0.136. The Morgan fingerprint density at radius 1 is 1.19 bits per heavy atom. The number of likely N-dealkylation sites (tertiary alicyclic amines) is 1. The molecule has 1 aliphatic carbocycles. The van der Waals surface area contributed by atoms with Gasteiger partial charge in [0.25, 0.3) is 6.43 Å². The Balaban J connectivity index is 1.31. The SMILES string of the molecule is N#CC1(NS(=O)(=O)c2ccc3c4c(C5CCN(C(=O)[C@@H]6CCOC6)CC5)ncnc4n(-c4nnc(C(F)F)s4)c3c2)CC1. The number of fused-ring (bicyclic) bond motifs is 3. The lowest BCUT2D eigenvalue weighted by Gasteiger charge is -2.33. The van der Waals surface area contributed by atoms with Crippen molar-refractivity contribution in [1.29, 1.82) is 5.26 Å². The number of piperidine rings is 1. The van der Waals surface area contributed by atoms with Crippen molar-refractivity contribution in [2.45, 2.75) is 54.9 Å². The first kappa shape index (κ1) is 28.1. The average Bonchev–Trinajstić information content (AvgIpc) is 3.39. The number of rotatable bonds is 7. The van der Waals surface area contributed by atoms with Crippen LogP contribution in [0.1, 0.15) is 55.1 Å². The maximum atomic E-state index is 13.5. The first-order valence-electron chi connectivity index (χ1n) is 13.9. The number of nitrogens with zero attached hydrogens (tertiary/aromatic N) is 7. The summed E-state index contributed by atoms with van der Waals surface area (Å²) in [5.41, 5.74) is 0.383. The van der Waals surface area contributed by atoms with Crippen LogP contribution in [0.25, 0.3) is 27.1 Å². The monoisotopic (exact) mass is 628 g/mol. The van der Waals surface area contributed by atoms with Crippen LogP contribution in [0.4, 0.5) is 8.78 Å². The van der Waals surface area contributed by atoms with E-state index in [9.17, 15) is 27.3 Å². The molecule has 3 fully saturated rings. The molecule has 4 aromatic rings. The minimum absolute atomic E-state index is 0.0186. The zero-order valence-corrected chi connectivity index (χ0v) is 24.4. The highest BCUT2D eigenvalue weighted by molar-refractivity contribution is 7.89. The lowest BCUT2D eigenvalue weighted by Crippen LogP contribution is -2.41. The number of carbonyl (C=O) groups is 1. The molecule has 0 unspecified atom stereocenters. The van der Waals surface area contributed by atoms with Gasteiger partial charge in [-0.1, -0.05) is 17.4 Å². The van der Waals surface area contributed by atoms with E-state index in [-0.39, 0.29) is 27.8 Å². The summed E-state index contributed by atoms with van der Waals surface area (Å²) in [6.07, 6.45) is 1.48. The molecule has 1 N–H and O–H groups in total. The molecular weight excluding hydrogens is 602 g/mol. The molecule has 7 rings (SSSR count). The van der Waals surface area contributed by atoms with E-state index >= 15 is 0 Å². The summed E-state index contributed by atoms with van der Waals surface area (Å²) in [4.78, 5) is 23.9. The molecule has 224 valence electrons. The minimum Gasteiger partial charge on any atom is -0.381 e. The number of nitriles is 1. The number of hydrogen-bond donors (Lipinski definition) is 1. The van der Waals surface area contributed by atoms with Crippen molar-refractivity contribution in [1.82, 2.24) is 34.4 Å². The van der Waals surface area contributed by atoms with Gasteiger partial charge < -0.3 is 9.64 Å². The van der Waals surface area contributed by atoms with E-state index in [4.69, 9.17) is 4.74 Å². The number of ether oxygens (including phenoxy) is 1. The van der Waals surface area contributed by atoms with Crippen molar-refractivity contribution in [3.63, 3.8) is 0 Å². The van der Waals surface area contributed by atoms with Gasteiger partial charge in [-0.25, -0.2) is 27.2 Å². The largest absolute Gasteiger partial charge is 0.381 e. The molecular formula is C27H26F2N8O4S2. The molecule has 2 aliphatic heterocycles. The van der Waals surface area contributed by atoms with E-state index in [1.54, 1.807) is 6.07 Å². The fourth-order valence-corrected chi connectivity index (χ4v) is 8.06. The average molecular weight is 629 g/mol. The summed E-state index contributed by atoms with van der Waals surface area (Å²) >= 11 is 0.690. The second kappa shape index (κ2) is 10.5. The lowest BCUT2D eigenvalue weighted by atomic mass is 9.90. The Bertz CT molecular complexity index is 1890. The third-order valence-electron chi connectivity index (χ3n) is 8.43. The maximum Gasteiger partial charge on any atom is 0.291 e. The molecule has 16 heteroatoms. The molecule has 3 aliphatic rings. The molecule has 1 atom stereocenters. The predicted octanol–water partition coefficient (Wildman–Crippen LogP) is 3.44. The quantitative estimate of drug-likeness (QED) is 0.324. The fourth-order valence-electron chi connectivity index (χ4n) is 5.95. The van der Waals surface area contributed by atoms with E-state index in [2.05, 4.69) is 24.9 Å². The normalized spacial score (nSPS) is 20.7. The third kappa shape index (κ3) is 4.93. The number of halogens is 2. The van der Waals surface area contributed by atoms with Crippen LogP contribution in [-0.2, 0) is 19.6 Å². The topological polar surface area (TPSA) is 156 Å². The highest BCUT2D eigenvalue weighted by Crippen LogP contribution is 2.41. The van der Waals surface area contributed by atoms with Gasteiger partial charge in [0.1, 0.15) is 11.9 Å². The zero-order chi connectivity index (χ0) is 29.9. The van der Waals surface area contributed by atoms with Gasteiger partial charge in [0.15, 0.2) is 10.7 Å². The van der Waals surface area contributed by atoms with Crippen LogP contribution in [0.15, 0.2) is 29.4 Å². The van der Waals surface area contributed by atoms with Crippen molar-refractivity contribution in [3.8, 4) is 11.2 Å². The van der Waals surface area contributed by atoms with E-state index in [0.29, 0.717) is 85.3 Å². The van der Waals surface area contributed by atoms with Gasteiger partial charge >= 0.3 is 0 Å². The Morgan fingerprint density at radius 2 is 1.98 bits per heavy atom. The Hall–Kier alpha value is -3.65. The van der Waals surface area contributed by atoms with Crippen LogP contribution >= 0.6 is 11.3 Å². The number of amides is 1. The summed E-state index contributed by atoms with van der Waals surface area (Å²) in [6, 6.07) is 6.56. The Morgan fingerprint density at radius 3 is 2.63 bits per heavy atom. The van der Waals surface area contributed by atoms with Gasteiger partial charge in [0, 0.05) is 36.4 Å². The Labute approximate surface area is 248 Å². The minimum atomic E-state index is -4.08. The molecule has 0 spiro atoms. The molecule has 3 aromatic heterocycles. The van der Waals surface area contributed by atoms with Crippen LogP contribution in [0.3, 0.4) is 0 Å². The molecule has 43 heavy (non-hydrogen) atoms. The highest BCUT2D eigenvalue weighted by atomic mass is 32.2. The van der Waals surface area contributed by atoms with E-state index in [1.807, 2.05) is 11.0 Å².